The number of rotatable bonds is 13. The summed E-state index contributed by atoms with van der Waals surface area (Å²) in [7, 11) is -9.08. The van der Waals surface area contributed by atoms with Gasteiger partial charge in [-0.1, -0.05) is 27.7 Å². The van der Waals surface area contributed by atoms with Crippen LogP contribution in [-0.2, 0) is 41.4 Å². The van der Waals surface area contributed by atoms with E-state index >= 15 is 0 Å². The van der Waals surface area contributed by atoms with Crippen LogP contribution in [0.1, 0.15) is 67.2 Å². The highest BCUT2D eigenvalue weighted by Crippen LogP contribution is 2.51. The minimum Gasteiger partial charge on any atom is -0.373 e. The lowest BCUT2D eigenvalue weighted by molar-refractivity contribution is -0.107. The molecule has 0 aromatic carbocycles. The molecule has 0 radical (unpaired) electrons. The number of hydrogen-bond acceptors (Lipinski definition) is 10. The lowest BCUT2D eigenvalue weighted by atomic mass is 9.88. The first-order valence-electron chi connectivity index (χ1n) is 13.1. The zero-order valence-electron chi connectivity index (χ0n) is 22.5. The standard InChI is InChI=1S/C23H44O12P2/c1-13(2)7-18-19(9-16(6)31-18)34-37(27,28)30-12-22-20(10-23(24)33-22)35-36(25,26)29-11-21-17(14(3)4)8-15(5)32-21/h13-24H,7-12H2,1-6H3,(H,25,26)(H,27,28)/t15-,16-,17?,18+,19?,20?,21+,22+,23+/m0/s1. The molecule has 3 saturated heterocycles. The van der Waals surface area contributed by atoms with Gasteiger partial charge in [0.15, 0.2) is 6.29 Å². The van der Waals surface area contributed by atoms with Crippen LogP contribution in [0.25, 0.3) is 0 Å². The number of aliphatic hydroxyl groups excluding tert-OH is 1. The third-order valence-electron chi connectivity index (χ3n) is 6.96. The van der Waals surface area contributed by atoms with Gasteiger partial charge in [0, 0.05) is 12.8 Å². The number of aliphatic hydroxyl groups is 1. The zero-order chi connectivity index (χ0) is 27.5. The van der Waals surface area contributed by atoms with Gasteiger partial charge < -0.3 is 29.1 Å². The van der Waals surface area contributed by atoms with E-state index < -0.39 is 46.9 Å². The molecule has 12 nitrogen and oxygen atoms in total. The van der Waals surface area contributed by atoms with E-state index in [0.717, 1.165) is 6.42 Å². The first kappa shape index (κ1) is 31.6. The first-order valence-corrected chi connectivity index (χ1v) is 16.1. The van der Waals surface area contributed by atoms with Crippen LogP contribution >= 0.6 is 15.6 Å². The van der Waals surface area contributed by atoms with Crippen LogP contribution in [0, 0.1) is 17.8 Å². The summed E-state index contributed by atoms with van der Waals surface area (Å²) in [6, 6.07) is 0. The second kappa shape index (κ2) is 13.1. The largest absolute Gasteiger partial charge is 0.472 e. The highest BCUT2D eigenvalue weighted by Gasteiger charge is 2.44. The SMILES string of the molecule is CC(C)C[C@H]1O[C@@H](C)CC1OP(=O)(O)OC[C@H]1O[C@@H](O)CC1OP(=O)(O)OC[C@H]1O[C@@H](C)CC1C(C)C. The van der Waals surface area contributed by atoms with E-state index in [0.29, 0.717) is 24.7 Å². The molecule has 3 heterocycles. The molecule has 3 fully saturated rings. The van der Waals surface area contributed by atoms with Crippen molar-refractivity contribution in [3.63, 3.8) is 0 Å². The monoisotopic (exact) mass is 574 g/mol. The number of ether oxygens (including phenoxy) is 3. The van der Waals surface area contributed by atoms with Gasteiger partial charge in [-0.05, 0) is 44.4 Å². The number of hydrogen-bond donors (Lipinski definition) is 3. The Morgan fingerprint density at radius 2 is 1.30 bits per heavy atom. The maximum Gasteiger partial charge on any atom is 0.472 e. The molecule has 3 aliphatic rings. The average molecular weight is 575 g/mol. The van der Waals surface area contributed by atoms with Crippen LogP contribution < -0.4 is 0 Å². The fourth-order valence-electron chi connectivity index (χ4n) is 5.25. The van der Waals surface area contributed by atoms with Crippen molar-refractivity contribution in [3.8, 4) is 0 Å². The first-order chi connectivity index (χ1) is 17.1. The second-order valence-corrected chi connectivity index (χ2v) is 14.0. The molecular weight excluding hydrogens is 530 g/mol. The predicted molar refractivity (Wildman–Crippen MR) is 132 cm³/mol. The maximum absolute atomic E-state index is 12.7. The van der Waals surface area contributed by atoms with Gasteiger partial charge in [0.2, 0.25) is 0 Å². The van der Waals surface area contributed by atoms with Crippen LogP contribution in [0.5, 0.6) is 0 Å². The summed E-state index contributed by atoms with van der Waals surface area (Å²) in [6.45, 7) is 11.3. The quantitative estimate of drug-likeness (QED) is 0.274. The van der Waals surface area contributed by atoms with Crippen molar-refractivity contribution >= 4 is 15.6 Å². The number of phosphoric acid groups is 2. The summed E-state index contributed by atoms with van der Waals surface area (Å²) in [6.07, 6.45) is -3.10. The molecule has 218 valence electrons. The fraction of sp³-hybridized carbons (Fsp3) is 1.00. The van der Waals surface area contributed by atoms with Crippen LogP contribution in [0.4, 0.5) is 0 Å². The molecule has 0 aliphatic carbocycles. The third kappa shape index (κ3) is 9.59. The predicted octanol–water partition coefficient (Wildman–Crippen LogP) is 3.77. The topological polar surface area (TPSA) is 159 Å². The molecule has 5 unspecified atom stereocenters. The summed E-state index contributed by atoms with van der Waals surface area (Å²) in [5.74, 6) is 0.802. The van der Waals surface area contributed by atoms with Crippen molar-refractivity contribution in [1.29, 1.82) is 0 Å². The van der Waals surface area contributed by atoms with Crippen LogP contribution in [0.15, 0.2) is 0 Å². The Balaban J connectivity index is 1.52. The Labute approximate surface area is 219 Å². The van der Waals surface area contributed by atoms with E-state index in [9.17, 15) is 24.0 Å². The van der Waals surface area contributed by atoms with Crippen LogP contribution in [0.3, 0.4) is 0 Å². The Morgan fingerprint density at radius 1 is 0.784 bits per heavy atom. The summed E-state index contributed by atoms with van der Waals surface area (Å²) in [4.78, 5) is 20.6. The Morgan fingerprint density at radius 3 is 1.86 bits per heavy atom. The fourth-order valence-corrected chi connectivity index (χ4v) is 7.17. The minimum atomic E-state index is -4.56. The molecule has 0 aromatic heterocycles. The third-order valence-corrected chi connectivity index (χ3v) is 8.98. The van der Waals surface area contributed by atoms with Crippen LogP contribution in [-0.4, -0.2) is 77.1 Å². The van der Waals surface area contributed by atoms with Gasteiger partial charge in [-0.15, -0.1) is 0 Å². The molecule has 0 aromatic rings. The molecule has 3 N–H and O–H groups in total. The van der Waals surface area contributed by atoms with E-state index in [2.05, 4.69) is 13.8 Å². The van der Waals surface area contributed by atoms with E-state index in [1.807, 2.05) is 27.7 Å². The van der Waals surface area contributed by atoms with E-state index in [-0.39, 0.29) is 43.4 Å². The highest BCUT2D eigenvalue weighted by molar-refractivity contribution is 7.47. The van der Waals surface area contributed by atoms with Gasteiger partial charge in [0.1, 0.15) is 12.2 Å². The van der Waals surface area contributed by atoms with Crippen LogP contribution in [0.2, 0.25) is 0 Å². The van der Waals surface area contributed by atoms with Crippen molar-refractivity contribution in [3.05, 3.63) is 0 Å². The molecular formula is C23H44O12P2. The van der Waals surface area contributed by atoms with Crippen molar-refractivity contribution in [2.75, 3.05) is 13.2 Å². The molecule has 3 rings (SSSR count). The Hall–Kier alpha value is 0.0600. The Bertz CT molecular complexity index is 826. The Kier molecular flexibility index (Phi) is 11.2. The molecule has 3 aliphatic heterocycles. The van der Waals surface area contributed by atoms with Gasteiger partial charge in [0.25, 0.3) is 0 Å². The lowest BCUT2D eigenvalue weighted by Gasteiger charge is -2.25. The smallest absolute Gasteiger partial charge is 0.373 e. The van der Waals surface area contributed by atoms with Crippen molar-refractivity contribution in [1.82, 2.24) is 0 Å². The molecule has 37 heavy (non-hydrogen) atoms. The van der Waals surface area contributed by atoms with Gasteiger partial charge in [0.05, 0.1) is 43.7 Å². The lowest BCUT2D eigenvalue weighted by Crippen LogP contribution is -2.30. The van der Waals surface area contributed by atoms with Crippen molar-refractivity contribution < 1.29 is 56.3 Å². The van der Waals surface area contributed by atoms with Gasteiger partial charge >= 0.3 is 15.6 Å². The average Bonchev–Trinajstić information content (AvgIpc) is 3.40. The molecule has 0 amide bonds. The zero-order valence-corrected chi connectivity index (χ0v) is 24.3. The van der Waals surface area contributed by atoms with E-state index in [4.69, 9.17) is 32.3 Å². The summed E-state index contributed by atoms with van der Waals surface area (Å²) in [5.41, 5.74) is 0. The van der Waals surface area contributed by atoms with Gasteiger partial charge in [-0.2, -0.15) is 0 Å². The molecule has 0 saturated carbocycles. The second-order valence-electron chi connectivity index (χ2n) is 11.2. The van der Waals surface area contributed by atoms with Gasteiger partial charge in [-0.3, -0.25) is 18.1 Å². The summed E-state index contributed by atoms with van der Waals surface area (Å²) in [5, 5.41) is 9.93. The molecule has 11 atom stereocenters. The van der Waals surface area contributed by atoms with Crippen molar-refractivity contribution in [2.45, 2.75) is 116 Å². The maximum atomic E-state index is 12.7. The molecule has 14 heteroatoms. The van der Waals surface area contributed by atoms with E-state index in [1.54, 1.807) is 0 Å². The summed E-state index contributed by atoms with van der Waals surface area (Å²) < 4.78 is 63.3. The van der Waals surface area contributed by atoms with E-state index in [1.165, 1.54) is 0 Å². The van der Waals surface area contributed by atoms with Gasteiger partial charge in [-0.25, -0.2) is 9.13 Å². The minimum absolute atomic E-state index is 0.0240. The normalized spacial score (nSPS) is 39.9. The molecule has 0 spiro atoms. The number of phosphoric ester groups is 2. The highest BCUT2D eigenvalue weighted by atomic mass is 31.2. The molecule has 0 bridgehead atoms. The summed E-state index contributed by atoms with van der Waals surface area (Å²) >= 11 is 0. The van der Waals surface area contributed by atoms with Crippen molar-refractivity contribution in [2.24, 2.45) is 17.8 Å².